The van der Waals surface area contributed by atoms with Crippen LogP contribution in [0.15, 0.2) is 4.99 Å². The first-order valence-corrected chi connectivity index (χ1v) is 6.80. The van der Waals surface area contributed by atoms with Gasteiger partial charge in [-0.25, -0.2) is 10.8 Å². The maximum absolute atomic E-state index is 5.69. The lowest BCUT2D eigenvalue weighted by Gasteiger charge is -2.31. The first-order valence-electron chi connectivity index (χ1n) is 6.80. The van der Waals surface area contributed by atoms with Gasteiger partial charge in [-0.05, 0) is 13.5 Å². The second-order valence-electron chi connectivity index (χ2n) is 4.72. The molecule has 1 rings (SSSR count). The summed E-state index contributed by atoms with van der Waals surface area (Å²) >= 11 is 0. The van der Waals surface area contributed by atoms with Crippen LogP contribution in [0.3, 0.4) is 0 Å². The van der Waals surface area contributed by atoms with E-state index in [2.05, 4.69) is 27.6 Å². The van der Waals surface area contributed by atoms with Gasteiger partial charge < -0.3 is 14.8 Å². The van der Waals surface area contributed by atoms with Crippen molar-refractivity contribution in [2.45, 2.75) is 26.0 Å². The number of likely N-dealkylation sites (N-methyl/N-ethyl adjacent to an activating group) is 1. The van der Waals surface area contributed by atoms with Gasteiger partial charge in [0.1, 0.15) is 0 Å². The van der Waals surface area contributed by atoms with Crippen molar-refractivity contribution in [1.29, 1.82) is 0 Å². The second-order valence-corrected chi connectivity index (χ2v) is 4.72. The van der Waals surface area contributed by atoms with E-state index in [4.69, 9.17) is 15.3 Å². The van der Waals surface area contributed by atoms with Crippen LogP contribution in [0.1, 0.15) is 13.8 Å². The van der Waals surface area contributed by atoms with Crippen LogP contribution >= 0.6 is 0 Å². The Morgan fingerprint density at radius 3 is 3.05 bits per heavy atom. The maximum Gasteiger partial charge on any atom is 0.206 e. The van der Waals surface area contributed by atoms with Crippen LogP contribution in [0.4, 0.5) is 0 Å². The molecule has 1 heterocycles. The van der Waals surface area contributed by atoms with Crippen LogP contribution in [-0.2, 0) is 9.47 Å². The van der Waals surface area contributed by atoms with Crippen molar-refractivity contribution >= 4 is 5.96 Å². The predicted octanol–water partition coefficient (Wildman–Crippen LogP) is -0.849. The van der Waals surface area contributed by atoms with E-state index in [-0.39, 0.29) is 12.1 Å². The minimum absolute atomic E-state index is 0.136. The smallest absolute Gasteiger partial charge is 0.206 e. The minimum atomic E-state index is 0.136. The summed E-state index contributed by atoms with van der Waals surface area (Å²) in [5, 5.41) is 3.15. The molecular formula is C12H27N5O2. The SMILES string of the molecule is CCN1CCOC(CN=C(NN)NC(C)COC)C1. The summed E-state index contributed by atoms with van der Waals surface area (Å²) < 4.78 is 10.7. The van der Waals surface area contributed by atoms with Crippen LogP contribution in [0, 0.1) is 0 Å². The number of aliphatic imine (C=N–C) groups is 1. The average Bonchev–Trinajstić information content (AvgIpc) is 2.44. The van der Waals surface area contributed by atoms with Gasteiger partial charge in [0, 0.05) is 26.2 Å². The Bertz CT molecular complexity index is 275. The van der Waals surface area contributed by atoms with Gasteiger partial charge in [0.15, 0.2) is 0 Å². The highest BCUT2D eigenvalue weighted by Crippen LogP contribution is 2.04. The number of hydrazine groups is 1. The van der Waals surface area contributed by atoms with Gasteiger partial charge in [0.25, 0.3) is 0 Å². The lowest BCUT2D eigenvalue weighted by atomic mass is 10.3. The lowest BCUT2D eigenvalue weighted by molar-refractivity contribution is -0.0210. The largest absolute Gasteiger partial charge is 0.383 e. The number of methoxy groups -OCH3 is 1. The fraction of sp³-hybridized carbons (Fsp3) is 0.917. The zero-order valence-electron chi connectivity index (χ0n) is 12.2. The molecule has 0 aliphatic carbocycles. The van der Waals surface area contributed by atoms with E-state index in [1.807, 2.05) is 6.92 Å². The molecule has 4 N–H and O–H groups in total. The van der Waals surface area contributed by atoms with E-state index in [0.29, 0.717) is 19.1 Å². The Hall–Kier alpha value is -0.890. The summed E-state index contributed by atoms with van der Waals surface area (Å²) in [6, 6.07) is 0.152. The summed E-state index contributed by atoms with van der Waals surface area (Å²) in [6.45, 7) is 9.11. The van der Waals surface area contributed by atoms with Crippen LogP contribution < -0.4 is 16.6 Å². The number of ether oxygens (including phenoxy) is 2. The molecule has 0 radical (unpaired) electrons. The Kier molecular flexibility index (Phi) is 7.73. The van der Waals surface area contributed by atoms with Gasteiger partial charge in [-0.2, -0.15) is 0 Å². The monoisotopic (exact) mass is 273 g/mol. The number of rotatable bonds is 6. The highest BCUT2D eigenvalue weighted by atomic mass is 16.5. The highest BCUT2D eigenvalue weighted by Gasteiger charge is 2.18. The minimum Gasteiger partial charge on any atom is -0.383 e. The van der Waals surface area contributed by atoms with E-state index in [1.54, 1.807) is 7.11 Å². The number of hydrogen-bond donors (Lipinski definition) is 3. The Balaban J connectivity index is 2.38. The zero-order valence-corrected chi connectivity index (χ0v) is 12.2. The molecular weight excluding hydrogens is 246 g/mol. The molecule has 2 atom stereocenters. The van der Waals surface area contributed by atoms with Crippen LogP contribution in [0.25, 0.3) is 0 Å². The summed E-state index contributed by atoms with van der Waals surface area (Å²) in [5.41, 5.74) is 2.57. The molecule has 7 nitrogen and oxygen atoms in total. The maximum atomic E-state index is 5.69. The van der Waals surface area contributed by atoms with Crippen molar-refractivity contribution in [3.63, 3.8) is 0 Å². The molecule has 19 heavy (non-hydrogen) atoms. The fourth-order valence-corrected chi connectivity index (χ4v) is 2.03. The molecule has 0 aromatic heterocycles. The van der Waals surface area contributed by atoms with E-state index in [9.17, 15) is 0 Å². The molecule has 1 fully saturated rings. The normalized spacial score (nSPS) is 23.2. The topological polar surface area (TPSA) is 84.1 Å². The molecule has 1 saturated heterocycles. The van der Waals surface area contributed by atoms with Crippen molar-refractivity contribution in [1.82, 2.24) is 15.6 Å². The van der Waals surface area contributed by atoms with Crippen molar-refractivity contribution in [2.24, 2.45) is 10.8 Å². The molecule has 7 heteroatoms. The summed E-state index contributed by atoms with van der Waals surface area (Å²) in [7, 11) is 1.67. The van der Waals surface area contributed by atoms with E-state index >= 15 is 0 Å². The zero-order chi connectivity index (χ0) is 14.1. The van der Waals surface area contributed by atoms with Gasteiger partial charge in [0.05, 0.1) is 25.9 Å². The summed E-state index contributed by atoms with van der Waals surface area (Å²) in [5.74, 6) is 6.02. The van der Waals surface area contributed by atoms with Gasteiger partial charge in [0.2, 0.25) is 5.96 Å². The number of nitrogens with zero attached hydrogens (tertiary/aromatic N) is 2. The molecule has 0 aromatic carbocycles. The fourth-order valence-electron chi connectivity index (χ4n) is 2.03. The van der Waals surface area contributed by atoms with Crippen LogP contribution in [0.5, 0.6) is 0 Å². The van der Waals surface area contributed by atoms with Crippen molar-refractivity contribution in [3.05, 3.63) is 0 Å². The number of morpholine rings is 1. The molecule has 0 amide bonds. The first kappa shape index (κ1) is 16.2. The lowest BCUT2D eigenvalue weighted by Crippen LogP contribution is -2.48. The Labute approximate surface area is 115 Å². The first-order chi connectivity index (χ1) is 9.19. The second kappa shape index (κ2) is 9.08. The third-order valence-corrected chi connectivity index (χ3v) is 3.06. The highest BCUT2D eigenvalue weighted by molar-refractivity contribution is 5.79. The van der Waals surface area contributed by atoms with Crippen LogP contribution in [-0.4, -0.2) is 69.5 Å². The van der Waals surface area contributed by atoms with Crippen molar-refractivity contribution in [2.75, 3.05) is 46.5 Å². The van der Waals surface area contributed by atoms with E-state index < -0.39 is 0 Å². The molecule has 0 bridgehead atoms. The van der Waals surface area contributed by atoms with Gasteiger partial charge in [-0.15, -0.1) is 0 Å². The quantitative estimate of drug-likeness (QED) is 0.253. The Morgan fingerprint density at radius 2 is 2.42 bits per heavy atom. The molecule has 0 saturated carbocycles. The van der Waals surface area contributed by atoms with Gasteiger partial charge in [-0.3, -0.25) is 10.3 Å². The summed E-state index contributed by atoms with van der Waals surface area (Å²) in [4.78, 5) is 6.78. The Morgan fingerprint density at radius 1 is 1.63 bits per heavy atom. The third-order valence-electron chi connectivity index (χ3n) is 3.06. The molecule has 1 aliphatic rings. The molecule has 1 aliphatic heterocycles. The van der Waals surface area contributed by atoms with Gasteiger partial charge in [-0.1, -0.05) is 6.92 Å². The third kappa shape index (κ3) is 6.20. The molecule has 0 spiro atoms. The number of guanidine groups is 1. The summed E-state index contributed by atoms with van der Waals surface area (Å²) in [6.07, 6.45) is 0.136. The predicted molar refractivity (Wildman–Crippen MR) is 76.0 cm³/mol. The standard InChI is InChI=1S/C12H27N5O2/c1-4-17-5-6-19-11(8-17)7-14-12(16-13)15-10(2)9-18-3/h10-11H,4-9,13H2,1-3H3,(H2,14,15,16). The molecule has 112 valence electrons. The van der Waals surface area contributed by atoms with Gasteiger partial charge >= 0.3 is 0 Å². The molecule has 2 unspecified atom stereocenters. The van der Waals surface area contributed by atoms with Crippen molar-refractivity contribution < 1.29 is 9.47 Å². The van der Waals surface area contributed by atoms with Crippen molar-refractivity contribution in [3.8, 4) is 0 Å². The molecule has 0 aromatic rings. The number of nitrogens with one attached hydrogen (secondary N) is 2. The average molecular weight is 273 g/mol. The van der Waals surface area contributed by atoms with E-state index in [1.165, 1.54) is 0 Å². The van der Waals surface area contributed by atoms with E-state index in [0.717, 1.165) is 26.2 Å². The van der Waals surface area contributed by atoms with Crippen LogP contribution in [0.2, 0.25) is 0 Å². The number of hydrogen-bond acceptors (Lipinski definition) is 5. The number of nitrogens with two attached hydrogens (primary N) is 1.